The summed E-state index contributed by atoms with van der Waals surface area (Å²) in [6, 6.07) is 1.16. The number of likely N-dealkylation sites (N-methyl/N-ethyl adjacent to an activating group) is 1. The van der Waals surface area contributed by atoms with E-state index in [9.17, 15) is 0 Å². The Morgan fingerprint density at radius 1 is 1.17 bits per heavy atom. The molecule has 0 aliphatic heterocycles. The third-order valence-corrected chi connectivity index (χ3v) is 1.79. The molecule has 0 rings (SSSR count). The first-order valence-electron chi connectivity index (χ1n) is 4.68. The lowest BCUT2D eigenvalue weighted by atomic mass is 10.2. The molecule has 2 heteroatoms. The Balaban J connectivity index is 3.95. The minimum absolute atomic E-state index is 0.582. The van der Waals surface area contributed by atoms with Crippen molar-refractivity contribution >= 4 is 0 Å². The molecule has 0 heterocycles. The maximum absolute atomic E-state index is 3.09. The second kappa shape index (κ2) is 6.06. The van der Waals surface area contributed by atoms with E-state index < -0.39 is 0 Å². The molecule has 0 fully saturated rings. The van der Waals surface area contributed by atoms with Crippen molar-refractivity contribution in [1.29, 1.82) is 0 Å². The normalized spacial score (nSPS) is 11.9. The van der Waals surface area contributed by atoms with E-state index in [2.05, 4.69) is 50.2 Å². The monoisotopic (exact) mass is 170 g/mol. The van der Waals surface area contributed by atoms with E-state index >= 15 is 0 Å². The second-order valence-electron chi connectivity index (χ2n) is 3.58. The molecule has 0 aliphatic carbocycles. The van der Waals surface area contributed by atoms with E-state index in [4.69, 9.17) is 0 Å². The maximum Gasteiger partial charge on any atom is 0.0230 e. The summed E-state index contributed by atoms with van der Waals surface area (Å²) in [6.07, 6.45) is 4.33. The molecule has 0 aliphatic rings. The van der Waals surface area contributed by atoms with Gasteiger partial charge in [-0.1, -0.05) is 6.08 Å². The highest BCUT2D eigenvalue weighted by atomic mass is 15.1. The standard InChI is InChI=1S/C10H22N2/c1-9(2)12(10(3)4)8-6-7-11-5/h6,8-11H,7H2,1-5H3. The number of hydrogen-bond donors (Lipinski definition) is 1. The van der Waals surface area contributed by atoms with Crippen LogP contribution in [0, 0.1) is 0 Å². The first-order valence-corrected chi connectivity index (χ1v) is 4.68. The number of hydrogen-bond acceptors (Lipinski definition) is 2. The summed E-state index contributed by atoms with van der Waals surface area (Å²) in [5.74, 6) is 0. The fourth-order valence-corrected chi connectivity index (χ4v) is 1.23. The van der Waals surface area contributed by atoms with Crippen molar-refractivity contribution in [1.82, 2.24) is 10.2 Å². The highest BCUT2D eigenvalue weighted by Gasteiger charge is 2.06. The third kappa shape index (κ3) is 4.39. The summed E-state index contributed by atoms with van der Waals surface area (Å²) < 4.78 is 0. The summed E-state index contributed by atoms with van der Waals surface area (Å²) in [4.78, 5) is 2.34. The fourth-order valence-electron chi connectivity index (χ4n) is 1.23. The van der Waals surface area contributed by atoms with Crippen molar-refractivity contribution < 1.29 is 0 Å². The molecule has 12 heavy (non-hydrogen) atoms. The van der Waals surface area contributed by atoms with Gasteiger partial charge in [0.15, 0.2) is 0 Å². The topological polar surface area (TPSA) is 15.3 Å². The van der Waals surface area contributed by atoms with Crippen molar-refractivity contribution in [3.05, 3.63) is 12.3 Å². The maximum atomic E-state index is 3.09. The molecule has 72 valence electrons. The van der Waals surface area contributed by atoms with Gasteiger partial charge < -0.3 is 10.2 Å². The molecule has 0 radical (unpaired) electrons. The SMILES string of the molecule is CNCC=CN(C(C)C)C(C)C. The van der Waals surface area contributed by atoms with Gasteiger partial charge in [-0.15, -0.1) is 0 Å². The van der Waals surface area contributed by atoms with Crippen LogP contribution in [0.3, 0.4) is 0 Å². The van der Waals surface area contributed by atoms with E-state index in [1.165, 1.54) is 0 Å². The Hall–Kier alpha value is -0.500. The zero-order valence-electron chi connectivity index (χ0n) is 8.96. The van der Waals surface area contributed by atoms with Crippen molar-refractivity contribution in [2.45, 2.75) is 39.8 Å². The Kier molecular flexibility index (Phi) is 5.81. The summed E-state index contributed by atoms with van der Waals surface area (Å²) in [5, 5.41) is 3.09. The highest BCUT2D eigenvalue weighted by molar-refractivity contribution is 4.87. The van der Waals surface area contributed by atoms with Crippen LogP contribution in [0.2, 0.25) is 0 Å². The van der Waals surface area contributed by atoms with Gasteiger partial charge in [-0.2, -0.15) is 0 Å². The first-order chi connectivity index (χ1) is 5.59. The molecule has 2 nitrogen and oxygen atoms in total. The molecule has 0 atom stereocenters. The Bertz CT molecular complexity index is 120. The van der Waals surface area contributed by atoms with Gasteiger partial charge in [0.1, 0.15) is 0 Å². The zero-order chi connectivity index (χ0) is 9.56. The van der Waals surface area contributed by atoms with Crippen LogP contribution in [-0.4, -0.2) is 30.6 Å². The molecule has 0 aromatic rings. The van der Waals surface area contributed by atoms with Crippen molar-refractivity contribution in [2.24, 2.45) is 0 Å². The van der Waals surface area contributed by atoms with Crippen LogP contribution in [0.15, 0.2) is 12.3 Å². The molecular formula is C10H22N2. The van der Waals surface area contributed by atoms with Crippen LogP contribution in [-0.2, 0) is 0 Å². The minimum atomic E-state index is 0.582. The molecule has 1 N–H and O–H groups in total. The van der Waals surface area contributed by atoms with Crippen LogP contribution in [0.25, 0.3) is 0 Å². The second-order valence-corrected chi connectivity index (χ2v) is 3.58. The predicted molar refractivity (Wildman–Crippen MR) is 55.2 cm³/mol. The lowest BCUT2D eigenvalue weighted by Gasteiger charge is -2.29. The Morgan fingerprint density at radius 3 is 2.00 bits per heavy atom. The van der Waals surface area contributed by atoms with Gasteiger partial charge >= 0.3 is 0 Å². The van der Waals surface area contributed by atoms with E-state index in [-0.39, 0.29) is 0 Å². The molecule has 0 aromatic carbocycles. The predicted octanol–water partition coefficient (Wildman–Crippen LogP) is 1.84. The number of nitrogens with zero attached hydrogens (tertiary/aromatic N) is 1. The van der Waals surface area contributed by atoms with Crippen molar-refractivity contribution in [3.63, 3.8) is 0 Å². The molecule has 0 unspecified atom stereocenters. The van der Waals surface area contributed by atoms with Gasteiger partial charge in [0.05, 0.1) is 0 Å². The summed E-state index contributed by atoms with van der Waals surface area (Å²) in [6.45, 7) is 9.79. The minimum Gasteiger partial charge on any atom is -0.373 e. The number of rotatable bonds is 5. The molecule has 0 saturated carbocycles. The smallest absolute Gasteiger partial charge is 0.0230 e. The largest absolute Gasteiger partial charge is 0.373 e. The van der Waals surface area contributed by atoms with Crippen LogP contribution < -0.4 is 5.32 Å². The molecule has 0 bridgehead atoms. The first kappa shape index (κ1) is 11.5. The molecule has 0 saturated heterocycles. The molecule has 0 amide bonds. The lowest BCUT2D eigenvalue weighted by Crippen LogP contribution is -2.32. The van der Waals surface area contributed by atoms with Gasteiger partial charge in [0, 0.05) is 18.6 Å². The van der Waals surface area contributed by atoms with Crippen LogP contribution in [0.1, 0.15) is 27.7 Å². The summed E-state index contributed by atoms with van der Waals surface area (Å²) >= 11 is 0. The fraction of sp³-hybridized carbons (Fsp3) is 0.800. The Morgan fingerprint density at radius 2 is 1.67 bits per heavy atom. The molecular weight excluding hydrogens is 148 g/mol. The van der Waals surface area contributed by atoms with E-state index in [0.29, 0.717) is 12.1 Å². The van der Waals surface area contributed by atoms with Gasteiger partial charge in [0.25, 0.3) is 0 Å². The van der Waals surface area contributed by atoms with E-state index in [1.54, 1.807) is 0 Å². The summed E-state index contributed by atoms with van der Waals surface area (Å²) in [7, 11) is 1.96. The number of nitrogens with one attached hydrogen (secondary N) is 1. The van der Waals surface area contributed by atoms with E-state index in [1.807, 2.05) is 7.05 Å². The lowest BCUT2D eigenvalue weighted by molar-refractivity contribution is 0.255. The Labute approximate surface area is 76.6 Å². The van der Waals surface area contributed by atoms with Crippen LogP contribution >= 0.6 is 0 Å². The summed E-state index contributed by atoms with van der Waals surface area (Å²) in [5.41, 5.74) is 0. The van der Waals surface area contributed by atoms with Crippen molar-refractivity contribution in [3.8, 4) is 0 Å². The van der Waals surface area contributed by atoms with Gasteiger partial charge in [-0.25, -0.2) is 0 Å². The third-order valence-electron chi connectivity index (χ3n) is 1.79. The van der Waals surface area contributed by atoms with Gasteiger partial charge in [0.2, 0.25) is 0 Å². The zero-order valence-corrected chi connectivity index (χ0v) is 8.96. The van der Waals surface area contributed by atoms with E-state index in [0.717, 1.165) is 6.54 Å². The van der Waals surface area contributed by atoms with Crippen LogP contribution in [0.4, 0.5) is 0 Å². The average molecular weight is 170 g/mol. The van der Waals surface area contributed by atoms with Crippen molar-refractivity contribution in [2.75, 3.05) is 13.6 Å². The van der Waals surface area contributed by atoms with Gasteiger partial charge in [-0.3, -0.25) is 0 Å². The quantitative estimate of drug-likeness (QED) is 0.677. The van der Waals surface area contributed by atoms with Crippen LogP contribution in [0.5, 0.6) is 0 Å². The highest BCUT2D eigenvalue weighted by Crippen LogP contribution is 2.04. The molecule has 0 spiro atoms. The van der Waals surface area contributed by atoms with Gasteiger partial charge in [-0.05, 0) is 40.9 Å². The average Bonchev–Trinajstić information content (AvgIpc) is 1.96. The molecule has 0 aromatic heterocycles.